The molecule has 0 saturated heterocycles. The zero-order valence-corrected chi connectivity index (χ0v) is 18.0. The van der Waals surface area contributed by atoms with Crippen molar-refractivity contribution >= 4 is 11.9 Å². The molecule has 0 spiro atoms. The Balaban J connectivity index is 2.49. The van der Waals surface area contributed by atoms with Gasteiger partial charge in [-0.25, -0.2) is 0 Å². The molecule has 1 aromatic rings. The monoisotopic (exact) mass is 387 g/mol. The molecule has 0 aliphatic carbocycles. The molecule has 0 radical (unpaired) electrons. The normalized spacial score (nSPS) is 11.4. The van der Waals surface area contributed by atoms with E-state index in [1.165, 1.54) is 12.8 Å². The van der Waals surface area contributed by atoms with Crippen molar-refractivity contribution in [2.45, 2.75) is 32.2 Å². The van der Waals surface area contributed by atoms with Crippen LogP contribution in [0.5, 0.6) is 0 Å². The van der Waals surface area contributed by atoms with Crippen molar-refractivity contribution in [2.75, 3.05) is 47.8 Å². The minimum absolute atomic E-state index is 0.0373. The van der Waals surface area contributed by atoms with Gasteiger partial charge in [0.1, 0.15) is 0 Å². The van der Waals surface area contributed by atoms with E-state index in [1.54, 1.807) is 7.05 Å². The van der Waals surface area contributed by atoms with Gasteiger partial charge in [-0.05, 0) is 51.1 Å². The molecule has 0 atom stereocenters. The fourth-order valence-electron chi connectivity index (χ4n) is 2.80. The number of allylic oxidation sites excluding steroid dienone is 1. The van der Waals surface area contributed by atoms with Crippen molar-refractivity contribution in [3.8, 4) is 0 Å². The first-order chi connectivity index (χ1) is 13.5. The van der Waals surface area contributed by atoms with E-state index in [-0.39, 0.29) is 5.91 Å². The van der Waals surface area contributed by atoms with Crippen LogP contribution in [0.1, 0.15) is 41.6 Å². The summed E-state index contributed by atoms with van der Waals surface area (Å²) < 4.78 is 0. The second-order valence-corrected chi connectivity index (χ2v) is 7.22. The third-order valence-electron chi connectivity index (χ3n) is 4.46. The Morgan fingerprint density at radius 1 is 1.14 bits per heavy atom. The number of benzene rings is 1. The van der Waals surface area contributed by atoms with E-state index in [2.05, 4.69) is 34.2 Å². The van der Waals surface area contributed by atoms with Gasteiger partial charge in [-0.2, -0.15) is 0 Å². The molecule has 1 aromatic carbocycles. The Kier molecular flexibility index (Phi) is 11.7. The average molecular weight is 388 g/mol. The van der Waals surface area contributed by atoms with Gasteiger partial charge in [0.05, 0.1) is 0 Å². The number of nitrogens with zero attached hydrogens (tertiary/aromatic N) is 3. The molecular weight excluding hydrogens is 350 g/mol. The summed E-state index contributed by atoms with van der Waals surface area (Å²) in [5, 5.41) is 6.33. The SMILES string of the molecule is C=CCCCCCN(C)C(=NC)NCc1cccc(C(=O)NCCN(C)C)c1. The maximum Gasteiger partial charge on any atom is 0.251 e. The Morgan fingerprint density at radius 2 is 1.93 bits per heavy atom. The van der Waals surface area contributed by atoms with Crippen molar-refractivity contribution < 1.29 is 4.79 Å². The molecule has 0 unspecified atom stereocenters. The van der Waals surface area contributed by atoms with Gasteiger partial charge in [-0.15, -0.1) is 6.58 Å². The van der Waals surface area contributed by atoms with Crippen LogP contribution in [-0.2, 0) is 6.54 Å². The van der Waals surface area contributed by atoms with E-state index in [0.717, 1.165) is 37.5 Å². The highest BCUT2D eigenvalue weighted by molar-refractivity contribution is 5.94. The summed E-state index contributed by atoms with van der Waals surface area (Å²) in [6.07, 6.45) is 6.56. The molecule has 6 nitrogen and oxygen atoms in total. The highest BCUT2D eigenvalue weighted by atomic mass is 16.1. The standard InChI is InChI=1S/C22H37N5O/c1-6-7-8-9-10-15-27(5)22(23-2)25-18-19-12-11-13-20(17-19)21(28)24-14-16-26(3)4/h6,11-13,17H,1,7-10,14-16,18H2,2-5H3,(H,23,25)(H,24,28). The van der Waals surface area contributed by atoms with Crippen LogP contribution < -0.4 is 10.6 Å². The van der Waals surface area contributed by atoms with E-state index < -0.39 is 0 Å². The lowest BCUT2D eigenvalue weighted by Gasteiger charge is -2.22. The van der Waals surface area contributed by atoms with Crippen molar-refractivity contribution in [1.82, 2.24) is 20.4 Å². The molecule has 28 heavy (non-hydrogen) atoms. The van der Waals surface area contributed by atoms with E-state index in [4.69, 9.17) is 0 Å². The molecule has 156 valence electrons. The molecule has 0 aromatic heterocycles. The van der Waals surface area contributed by atoms with Gasteiger partial charge in [-0.3, -0.25) is 9.79 Å². The number of rotatable bonds is 12. The van der Waals surface area contributed by atoms with Gasteiger partial charge < -0.3 is 20.4 Å². The number of nitrogens with one attached hydrogen (secondary N) is 2. The van der Waals surface area contributed by atoms with Crippen LogP contribution in [0.2, 0.25) is 0 Å². The molecular formula is C22H37N5O. The molecule has 2 N–H and O–H groups in total. The smallest absolute Gasteiger partial charge is 0.251 e. The van der Waals surface area contributed by atoms with E-state index in [9.17, 15) is 4.79 Å². The molecule has 0 heterocycles. The van der Waals surface area contributed by atoms with Gasteiger partial charge in [0.2, 0.25) is 0 Å². The van der Waals surface area contributed by atoms with Crippen LogP contribution in [0.4, 0.5) is 0 Å². The number of aliphatic imine (C=N–C) groups is 1. The van der Waals surface area contributed by atoms with Crippen molar-refractivity contribution in [1.29, 1.82) is 0 Å². The van der Waals surface area contributed by atoms with Gasteiger partial charge in [-0.1, -0.05) is 24.6 Å². The first-order valence-electron chi connectivity index (χ1n) is 10.0. The van der Waals surface area contributed by atoms with Crippen LogP contribution in [0.25, 0.3) is 0 Å². The van der Waals surface area contributed by atoms with Gasteiger partial charge in [0.15, 0.2) is 5.96 Å². The van der Waals surface area contributed by atoms with E-state index in [0.29, 0.717) is 18.7 Å². The molecule has 0 aliphatic rings. The second-order valence-electron chi connectivity index (χ2n) is 7.22. The molecule has 0 saturated carbocycles. The first-order valence-corrected chi connectivity index (χ1v) is 10.0. The summed E-state index contributed by atoms with van der Waals surface area (Å²) in [6.45, 7) is 6.81. The summed E-state index contributed by atoms with van der Waals surface area (Å²) in [7, 11) is 7.83. The Bertz CT molecular complexity index is 627. The summed E-state index contributed by atoms with van der Waals surface area (Å²) in [5.74, 6) is 0.828. The predicted molar refractivity (Wildman–Crippen MR) is 119 cm³/mol. The van der Waals surface area contributed by atoms with Gasteiger partial charge >= 0.3 is 0 Å². The molecule has 0 bridgehead atoms. The van der Waals surface area contributed by atoms with Crippen LogP contribution in [0.15, 0.2) is 41.9 Å². The number of hydrogen-bond donors (Lipinski definition) is 2. The molecule has 1 rings (SSSR count). The van der Waals surface area contributed by atoms with Crippen LogP contribution >= 0.6 is 0 Å². The number of guanidine groups is 1. The zero-order valence-electron chi connectivity index (χ0n) is 18.0. The fraction of sp³-hybridized carbons (Fsp3) is 0.545. The highest BCUT2D eigenvalue weighted by Crippen LogP contribution is 2.06. The van der Waals surface area contributed by atoms with Crippen LogP contribution in [-0.4, -0.2) is 69.5 Å². The van der Waals surface area contributed by atoms with Crippen LogP contribution in [0.3, 0.4) is 0 Å². The molecule has 1 amide bonds. The lowest BCUT2D eigenvalue weighted by atomic mass is 10.1. The number of hydrogen-bond acceptors (Lipinski definition) is 3. The summed E-state index contributed by atoms with van der Waals surface area (Å²) >= 11 is 0. The second kappa shape index (κ2) is 13.8. The van der Waals surface area contributed by atoms with Crippen LogP contribution in [0, 0.1) is 0 Å². The molecule has 0 fully saturated rings. The lowest BCUT2D eigenvalue weighted by molar-refractivity contribution is 0.0951. The quantitative estimate of drug-likeness (QED) is 0.251. The molecule has 0 aliphatic heterocycles. The Morgan fingerprint density at radius 3 is 2.61 bits per heavy atom. The van der Waals surface area contributed by atoms with Crippen molar-refractivity contribution in [2.24, 2.45) is 4.99 Å². The number of likely N-dealkylation sites (N-methyl/N-ethyl adjacent to an activating group) is 1. The van der Waals surface area contributed by atoms with E-state index >= 15 is 0 Å². The van der Waals surface area contributed by atoms with E-state index in [1.807, 2.05) is 49.3 Å². The number of unbranched alkanes of at least 4 members (excludes halogenated alkanes) is 3. The average Bonchev–Trinajstić information content (AvgIpc) is 2.68. The fourth-order valence-corrected chi connectivity index (χ4v) is 2.80. The number of carbonyl (C=O) groups is 1. The van der Waals surface area contributed by atoms with Crippen molar-refractivity contribution in [3.05, 3.63) is 48.0 Å². The topological polar surface area (TPSA) is 60.0 Å². The maximum absolute atomic E-state index is 12.3. The Hall–Kier alpha value is -2.34. The highest BCUT2D eigenvalue weighted by Gasteiger charge is 2.08. The number of amides is 1. The summed E-state index contributed by atoms with van der Waals surface area (Å²) in [4.78, 5) is 20.8. The lowest BCUT2D eigenvalue weighted by Crippen LogP contribution is -2.39. The first kappa shape index (κ1) is 23.7. The van der Waals surface area contributed by atoms with Gasteiger partial charge in [0, 0.05) is 45.8 Å². The third-order valence-corrected chi connectivity index (χ3v) is 4.46. The Labute approximate surface area is 170 Å². The zero-order chi connectivity index (χ0) is 20.8. The molecule has 6 heteroatoms. The largest absolute Gasteiger partial charge is 0.352 e. The third kappa shape index (κ3) is 9.55. The maximum atomic E-state index is 12.3. The van der Waals surface area contributed by atoms with Crippen molar-refractivity contribution in [3.63, 3.8) is 0 Å². The predicted octanol–water partition coefficient (Wildman–Crippen LogP) is 2.73. The minimum Gasteiger partial charge on any atom is -0.352 e. The van der Waals surface area contributed by atoms with Gasteiger partial charge in [0.25, 0.3) is 5.91 Å². The summed E-state index contributed by atoms with van der Waals surface area (Å²) in [6, 6.07) is 7.72. The number of carbonyl (C=O) groups excluding carboxylic acids is 1. The summed E-state index contributed by atoms with van der Waals surface area (Å²) in [5.41, 5.74) is 1.74. The minimum atomic E-state index is -0.0373.